The van der Waals surface area contributed by atoms with Crippen molar-refractivity contribution in [2.45, 2.75) is 44.9 Å². The number of carbonyl (C=O) groups is 2. The van der Waals surface area contributed by atoms with Crippen LogP contribution >= 0.6 is 0 Å². The Balaban J connectivity index is 3.13. The molecule has 1 aliphatic heterocycles. The van der Waals surface area contributed by atoms with Crippen molar-refractivity contribution in [1.82, 2.24) is 0 Å². The van der Waals surface area contributed by atoms with E-state index in [0.29, 0.717) is 0 Å². The molecular weight excluding hydrogens is 222 g/mol. The lowest BCUT2D eigenvalue weighted by atomic mass is 9.88. The first-order valence-electron chi connectivity index (χ1n) is 5.34. The number of hydrogen-bond donors (Lipinski definition) is 1. The molecule has 5 nitrogen and oxygen atoms in total. The summed E-state index contributed by atoms with van der Waals surface area (Å²) in [4.78, 5) is 27.0. The average Bonchev–Trinajstić information content (AvgIpc) is 2.61. The minimum Gasteiger partial charge on any atom is -0.479 e. The highest BCUT2D eigenvalue weighted by atomic mass is 16.5. The van der Waals surface area contributed by atoms with Crippen LogP contribution in [0.3, 0.4) is 0 Å². The summed E-state index contributed by atoms with van der Waals surface area (Å²) in [5.74, 6) is -1.54. The Morgan fingerprint density at radius 3 is 2.29 bits per heavy atom. The maximum Gasteiger partial charge on any atom is 0.336 e. The quantitative estimate of drug-likeness (QED) is 0.800. The maximum absolute atomic E-state index is 11.7. The molecule has 1 N–H and O–H groups in total. The van der Waals surface area contributed by atoms with Gasteiger partial charge in [0.1, 0.15) is 0 Å². The van der Waals surface area contributed by atoms with Crippen LogP contribution in [0.25, 0.3) is 0 Å². The van der Waals surface area contributed by atoms with Gasteiger partial charge in [0.05, 0.1) is 5.60 Å². The van der Waals surface area contributed by atoms with E-state index in [1.807, 2.05) is 0 Å². The number of rotatable bonds is 4. The number of carboxylic acid groups (broad SMARTS) is 1. The van der Waals surface area contributed by atoms with Crippen molar-refractivity contribution in [2.75, 3.05) is 0 Å². The molecule has 2 unspecified atom stereocenters. The van der Waals surface area contributed by atoms with Crippen molar-refractivity contribution in [3.8, 4) is 0 Å². The molecule has 0 bridgehead atoms. The highest BCUT2D eigenvalue weighted by molar-refractivity contribution is 5.99. The topological polar surface area (TPSA) is 76.0 Å². The Labute approximate surface area is 100 Å². The van der Waals surface area contributed by atoms with Crippen LogP contribution in [0, 0.1) is 0 Å². The second-order valence-electron chi connectivity index (χ2n) is 4.97. The number of allylic oxidation sites excluding steroid dienone is 1. The van der Waals surface area contributed by atoms with Gasteiger partial charge in [-0.05, 0) is 39.8 Å². The smallest absolute Gasteiger partial charge is 0.336 e. The maximum atomic E-state index is 11.7. The van der Waals surface area contributed by atoms with Gasteiger partial charge in [-0.15, -0.1) is 0 Å². The third-order valence-electron chi connectivity index (χ3n) is 2.38. The molecule has 5 heteroatoms. The van der Waals surface area contributed by atoms with Crippen LogP contribution in [0.2, 0.25) is 0 Å². The Morgan fingerprint density at radius 2 is 2.00 bits per heavy atom. The Hall–Kier alpha value is -1.49. The fourth-order valence-corrected chi connectivity index (χ4v) is 1.63. The summed E-state index contributed by atoms with van der Waals surface area (Å²) in [6.45, 7) is 6.52. The van der Waals surface area contributed by atoms with E-state index < -0.39 is 23.2 Å². The Kier molecular flexibility index (Phi) is 3.52. The number of nitrogens with zero attached hydrogens (tertiary/aromatic N) is 1. The van der Waals surface area contributed by atoms with Gasteiger partial charge in [-0.1, -0.05) is 0 Å². The van der Waals surface area contributed by atoms with Crippen LogP contribution in [0.1, 0.15) is 27.7 Å². The van der Waals surface area contributed by atoms with Gasteiger partial charge in [0, 0.05) is 6.21 Å². The first kappa shape index (κ1) is 13.6. The van der Waals surface area contributed by atoms with Crippen molar-refractivity contribution in [3.63, 3.8) is 0 Å². The SMILES string of the molecule is CC(=O)C1(C(OC(C)(C)C)C(=O)O)C=CC=N1. The van der Waals surface area contributed by atoms with Crippen LogP contribution in [0.4, 0.5) is 0 Å². The Morgan fingerprint density at radius 1 is 1.41 bits per heavy atom. The lowest BCUT2D eigenvalue weighted by Crippen LogP contribution is -2.52. The third kappa shape index (κ3) is 2.79. The summed E-state index contributed by atoms with van der Waals surface area (Å²) < 4.78 is 5.46. The largest absolute Gasteiger partial charge is 0.479 e. The van der Waals surface area contributed by atoms with Gasteiger partial charge >= 0.3 is 5.97 Å². The summed E-state index contributed by atoms with van der Waals surface area (Å²) in [6, 6.07) is 0. The normalized spacial score (nSPS) is 24.9. The van der Waals surface area contributed by atoms with Gasteiger partial charge in [0.15, 0.2) is 17.4 Å². The lowest BCUT2D eigenvalue weighted by Gasteiger charge is -2.33. The van der Waals surface area contributed by atoms with Gasteiger partial charge in [-0.3, -0.25) is 9.79 Å². The molecule has 0 aromatic carbocycles. The highest BCUT2D eigenvalue weighted by Gasteiger charge is 2.48. The summed E-state index contributed by atoms with van der Waals surface area (Å²) in [6.07, 6.45) is 3.14. The van der Waals surface area contributed by atoms with E-state index in [2.05, 4.69) is 4.99 Å². The molecule has 1 aliphatic rings. The predicted octanol–water partition coefficient (Wildman–Crippen LogP) is 1.22. The third-order valence-corrected chi connectivity index (χ3v) is 2.38. The van der Waals surface area contributed by atoms with Crippen molar-refractivity contribution in [3.05, 3.63) is 12.2 Å². The minimum atomic E-state index is -1.43. The molecule has 94 valence electrons. The van der Waals surface area contributed by atoms with Crippen LogP contribution in [0.15, 0.2) is 17.1 Å². The molecule has 0 amide bonds. The van der Waals surface area contributed by atoms with Crippen molar-refractivity contribution >= 4 is 18.0 Å². The number of hydrogen-bond acceptors (Lipinski definition) is 4. The van der Waals surface area contributed by atoms with Gasteiger partial charge in [0.2, 0.25) is 0 Å². The second-order valence-corrected chi connectivity index (χ2v) is 4.97. The number of Topliss-reactive ketones (excluding diaryl/α,β-unsaturated/α-hetero) is 1. The molecule has 0 aromatic rings. The molecule has 17 heavy (non-hydrogen) atoms. The molecule has 1 rings (SSSR count). The fourth-order valence-electron chi connectivity index (χ4n) is 1.63. The van der Waals surface area contributed by atoms with E-state index >= 15 is 0 Å². The molecule has 2 atom stereocenters. The number of carboxylic acids is 1. The van der Waals surface area contributed by atoms with Crippen LogP contribution in [-0.2, 0) is 14.3 Å². The summed E-state index contributed by atoms with van der Waals surface area (Å²) in [7, 11) is 0. The number of aliphatic carboxylic acids is 1. The molecule has 0 aromatic heterocycles. The zero-order valence-electron chi connectivity index (χ0n) is 10.4. The number of carbonyl (C=O) groups excluding carboxylic acids is 1. The minimum absolute atomic E-state index is 0.348. The van der Waals surface area contributed by atoms with Crippen molar-refractivity contribution < 1.29 is 19.4 Å². The molecule has 1 heterocycles. The zero-order chi connectivity index (χ0) is 13.3. The van der Waals surface area contributed by atoms with Gasteiger partial charge < -0.3 is 9.84 Å². The predicted molar refractivity (Wildman–Crippen MR) is 63.3 cm³/mol. The van der Waals surface area contributed by atoms with E-state index in [1.54, 1.807) is 26.8 Å². The molecule has 0 fully saturated rings. The summed E-state index contributed by atoms with van der Waals surface area (Å²) in [5.41, 5.74) is -2.10. The van der Waals surface area contributed by atoms with E-state index in [0.717, 1.165) is 0 Å². The monoisotopic (exact) mass is 239 g/mol. The average molecular weight is 239 g/mol. The molecule has 0 radical (unpaired) electrons. The second kappa shape index (κ2) is 4.41. The Bertz CT molecular complexity index is 378. The molecule has 0 saturated heterocycles. The first-order valence-corrected chi connectivity index (χ1v) is 5.34. The van der Waals surface area contributed by atoms with Crippen molar-refractivity contribution in [2.24, 2.45) is 4.99 Å². The summed E-state index contributed by atoms with van der Waals surface area (Å²) in [5, 5.41) is 9.23. The van der Waals surface area contributed by atoms with Gasteiger partial charge in [-0.25, -0.2) is 4.79 Å². The fraction of sp³-hybridized carbons (Fsp3) is 0.583. The highest BCUT2D eigenvalue weighted by Crippen LogP contribution is 2.29. The van der Waals surface area contributed by atoms with E-state index in [4.69, 9.17) is 4.74 Å². The lowest BCUT2D eigenvalue weighted by molar-refractivity contribution is -0.167. The standard InChI is InChI=1S/C12H17NO4/c1-8(14)12(6-5-7-13-12)9(10(15)16)17-11(2,3)4/h5-7,9H,1-4H3,(H,15,16). The molecule has 0 saturated carbocycles. The van der Waals surface area contributed by atoms with E-state index in [9.17, 15) is 14.7 Å². The zero-order valence-corrected chi connectivity index (χ0v) is 10.4. The van der Waals surface area contributed by atoms with Gasteiger partial charge in [0.25, 0.3) is 0 Å². The summed E-state index contributed by atoms with van der Waals surface area (Å²) >= 11 is 0. The number of ketones is 1. The van der Waals surface area contributed by atoms with Crippen LogP contribution in [0.5, 0.6) is 0 Å². The molecular formula is C12H17NO4. The van der Waals surface area contributed by atoms with Crippen LogP contribution < -0.4 is 0 Å². The van der Waals surface area contributed by atoms with Crippen molar-refractivity contribution in [1.29, 1.82) is 0 Å². The number of aliphatic imine (C=N–C) groups is 1. The molecule has 0 aliphatic carbocycles. The molecule has 0 spiro atoms. The van der Waals surface area contributed by atoms with Crippen LogP contribution in [-0.4, -0.2) is 40.3 Å². The number of ether oxygens (including phenoxy) is 1. The van der Waals surface area contributed by atoms with E-state index in [1.165, 1.54) is 19.2 Å². The van der Waals surface area contributed by atoms with E-state index in [-0.39, 0.29) is 5.78 Å². The first-order chi connectivity index (χ1) is 7.69. The van der Waals surface area contributed by atoms with Gasteiger partial charge in [-0.2, -0.15) is 0 Å².